The number of benzene rings is 1. The highest BCUT2D eigenvalue weighted by atomic mass is 19.1. The minimum atomic E-state index is -0.184. The van der Waals surface area contributed by atoms with Gasteiger partial charge < -0.3 is 10.2 Å². The summed E-state index contributed by atoms with van der Waals surface area (Å²) in [6.45, 7) is 3.32. The summed E-state index contributed by atoms with van der Waals surface area (Å²) in [4.78, 5) is 28.4. The fourth-order valence-electron chi connectivity index (χ4n) is 3.81. The number of carbonyl (C=O) groups excluding carboxylic acids is 2. The number of carbonyl (C=O) groups is 2. The third kappa shape index (κ3) is 5.04. The van der Waals surface area contributed by atoms with Gasteiger partial charge in [0.15, 0.2) is 0 Å². The van der Waals surface area contributed by atoms with Crippen molar-refractivity contribution in [3.8, 4) is 0 Å². The van der Waals surface area contributed by atoms with E-state index in [9.17, 15) is 14.0 Å². The molecule has 5 nitrogen and oxygen atoms in total. The molecule has 2 amide bonds. The van der Waals surface area contributed by atoms with E-state index in [1.807, 2.05) is 6.07 Å². The second-order valence-electron chi connectivity index (χ2n) is 7.30. The summed E-state index contributed by atoms with van der Waals surface area (Å²) < 4.78 is 13.7. The first kappa shape index (κ1) is 18.8. The van der Waals surface area contributed by atoms with Crippen LogP contribution in [0, 0.1) is 11.7 Å². The Morgan fingerprint density at radius 3 is 2.42 bits per heavy atom. The molecule has 1 heterocycles. The van der Waals surface area contributed by atoms with Crippen LogP contribution in [0.5, 0.6) is 0 Å². The molecule has 26 heavy (non-hydrogen) atoms. The Balaban J connectivity index is 1.39. The molecule has 0 unspecified atom stereocenters. The molecule has 1 aromatic carbocycles. The van der Waals surface area contributed by atoms with Crippen LogP contribution in [-0.4, -0.2) is 54.3 Å². The van der Waals surface area contributed by atoms with E-state index in [4.69, 9.17) is 0 Å². The first-order chi connectivity index (χ1) is 12.6. The van der Waals surface area contributed by atoms with Crippen LogP contribution in [0.1, 0.15) is 37.7 Å². The molecular formula is C20H28FN3O2. The van der Waals surface area contributed by atoms with Crippen molar-refractivity contribution < 1.29 is 14.0 Å². The van der Waals surface area contributed by atoms with Crippen LogP contribution in [0.3, 0.4) is 0 Å². The van der Waals surface area contributed by atoms with Gasteiger partial charge in [0.25, 0.3) is 0 Å². The van der Waals surface area contributed by atoms with Gasteiger partial charge >= 0.3 is 0 Å². The maximum absolute atomic E-state index is 13.7. The summed E-state index contributed by atoms with van der Waals surface area (Å²) in [7, 11) is 0. The third-order valence-electron chi connectivity index (χ3n) is 5.47. The molecule has 1 aromatic rings. The second kappa shape index (κ2) is 9.12. The zero-order valence-electron chi connectivity index (χ0n) is 15.3. The molecule has 1 saturated carbocycles. The Labute approximate surface area is 154 Å². The maximum Gasteiger partial charge on any atom is 0.242 e. The molecule has 0 bridgehead atoms. The lowest BCUT2D eigenvalue weighted by Gasteiger charge is -2.35. The molecule has 0 spiro atoms. The normalized spacial score (nSPS) is 19.3. The molecule has 0 radical (unpaired) electrons. The van der Waals surface area contributed by atoms with Crippen LogP contribution in [0.15, 0.2) is 24.3 Å². The van der Waals surface area contributed by atoms with Gasteiger partial charge in [-0.3, -0.25) is 14.5 Å². The summed E-state index contributed by atoms with van der Waals surface area (Å²) >= 11 is 0. The van der Waals surface area contributed by atoms with Crippen molar-refractivity contribution in [2.24, 2.45) is 5.92 Å². The van der Waals surface area contributed by atoms with Crippen LogP contribution in [0.25, 0.3) is 0 Å². The monoisotopic (exact) mass is 361 g/mol. The first-order valence-corrected chi connectivity index (χ1v) is 9.65. The first-order valence-electron chi connectivity index (χ1n) is 9.65. The number of hydrogen-bond donors (Lipinski definition) is 1. The molecule has 2 fully saturated rings. The van der Waals surface area contributed by atoms with Crippen molar-refractivity contribution in [3.05, 3.63) is 35.6 Å². The number of nitrogens with zero attached hydrogens (tertiary/aromatic N) is 2. The molecule has 1 saturated heterocycles. The molecule has 1 aliphatic carbocycles. The topological polar surface area (TPSA) is 52.7 Å². The van der Waals surface area contributed by atoms with E-state index in [1.165, 1.54) is 12.5 Å². The van der Waals surface area contributed by atoms with Gasteiger partial charge in [-0.2, -0.15) is 0 Å². The molecule has 142 valence electrons. The SMILES string of the molecule is O=C(NCC(=O)N1CCN(Cc2ccccc2F)CC1)C1CCCCC1. The lowest BCUT2D eigenvalue weighted by Crippen LogP contribution is -2.51. The van der Waals surface area contributed by atoms with Crippen LogP contribution < -0.4 is 5.32 Å². The smallest absolute Gasteiger partial charge is 0.242 e. The van der Waals surface area contributed by atoms with Crippen molar-refractivity contribution in [3.63, 3.8) is 0 Å². The van der Waals surface area contributed by atoms with Crippen molar-refractivity contribution in [1.82, 2.24) is 15.1 Å². The number of amides is 2. The average Bonchev–Trinajstić information content (AvgIpc) is 2.69. The Morgan fingerprint density at radius 2 is 1.73 bits per heavy atom. The molecule has 0 aromatic heterocycles. The molecule has 1 N–H and O–H groups in total. The van der Waals surface area contributed by atoms with E-state index in [0.717, 1.165) is 38.8 Å². The van der Waals surface area contributed by atoms with Gasteiger partial charge in [-0.1, -0.05) is 37.5 Å². The predicted molar refractivity (Wildman–Crippen MR) is 97.8 cm³/mol. The van der Waals surface area contributed by atoms with Crippen molar-refractivity contribution in [2.45, 2.75) is 38.6 Å². The van der Waals surface area contributed by atoms with Gasteiger partial charge in [0, 0.05) is 44.2 Å². The van der Waals surface area contributed by atoms with E-state index < -0.39 is 0 Å². The summed E-state index contributed by atoms with van der Waals surface area (Å²) in [6, 6.07) is 6.81. The largest absolute Gasteiger partial charge is 0.347 e. The second-order valence-corrected chi connectivity index (χ2v) is 7.30. The fraction of sp³-hybridized carbons (Fsp3) is 0.600. The zero-order chi connectivity index (χ0) is 18.4. The Hall–Kier alpha value is -1.95. The van der Waals surface area contributed by atoms with E-state index in [1.54, 1.807) is 17.0 Å². The van der Waals surface area contributed by atoms with E-state index >= 15 is 0 Å². The summed E-state index contributed by atoms with van der Waals surface area (Å²) in [5.41, 5.74) is 0.687. The zero-order valence-corrected chi connectivity index (χ0v) is 15.3. The number of nitrogens with one attached hydrogen (secondary N) is 1. The summed E-state index contributed by atoms with van der Waals surface area (Å²) in [6.07, 6.45) is 5.30. The van der Waals surface area contributed by atoms with E-state index in [0.29, 0.717) is 25.2 Å². The highest BCUT2D eigenvalue weighted by molar-refractivity contribution is 5.85. The quantitative estimate of drug-likeness (QED) is 0.874. The Kier molecular flexibility index (Phi) is 6.61. The fourth-order valence-corrected chi connectivity index (χ4v) is 3.81. The maximum atomic E-state index is 13.7. The van der Waals surface area contributed by atoms with Crippen molar-refractivity contribution in [1.29, 1.82) is 0 Å². The van der Waals surface area contributed by atoms with Crippen LogP contribution in [0.2, 0.25) is 0 Å². The van der Waals surface area contributed by atoms with Gasteiger partial charge in [0.1, 0.15) is 5.82 Å². The number of hydrogen-bond acceptors (Lipinski definition) is 3. The molecule has 6 heteroatoms. The van der Waals surface area contributed by atoms with Crippen LogP contribution in [-0.2, 0) is 16.1 Å². The van der Waals surface area contributed by atoms with Gasteiger partial charge in [0.05, 0.1) is 6.54 Å². The number of rotatable bonds is 5. The Morgan fingerprint density at radius 1 is 1.04 bits per heavy atom. The minimum Gasteiger partial charge on any atom is -0.347 e. The lowest BCUT2D eigenvalue weighted by molar-refractivity contribution is -0.135. The number of piperazine rings is 1. The predicted octanol–water partition coefficient (Wildman–Crippen LogP) is 2.17. The summed E-state index contributed by atoms with van der Waals surface area (Å²) in [5.74, 6) is -0.110. The highest BCUT2D eigenvalue weighted by Gasteiger charge is 2.24. The minimum absolute atomic E-state index is 0.0243. The van der Waals surface area contributed by atoms with Gasteiger partial charge in [-0.05, 0) is 18.9 Å². The molecule has 1 aliphatic heterocycles. The van der Waals surface area contributed by atoms with E-state index in [-0.39, 0.29) is 30.1 Å². The van der Waals surface area contributed by atoms with Gasteiger partial charge in [-0.15, -0.1) is 0 Å². The van der Waals surface area contributed by atoms with Gasteiger partial charge in [-0.25, -0.2) is 4.39 Å². The van der Waals surface area contributed by atoms with Crippen molar-refractivity contribution in [2.75, 3.05) is 32.7 Å². The van der Waals surface area contributed by atoms with Crippen LogP contribution >= 0.6 is 0 Å². The molecule has 0 atom stereocenters. The number of halogens is 1. The van der Waals surface area contributed by atoms with Crippen molar-refractivity contribution >= 4 is 11.8 Å². The molecule has 3 rings (SSSR count). The van der Waals surface area contributed by atoms with Crippen LogP contribution in [0.4, 0.5) is 4.39 Å². The standard InChI is InChI=1S/C20H28FN3O2/c21-18-9-5-4-8-17(18)15-23-10-12-24(13-11-23)19(25)14-22-20(26)16-6-2-1-3-7-16/h4-5,8-9,16H,1-3,6-7,10-15H2,(H,22,26). The Bertz CT molecular complexity index is 623. The average molecular weight is 361 g/mol. The highest BCUT2D eigenvalue weighted by Crippen LogP contribution is 2.23. The van der Waals surface area contributed by atoms with E-state index in [2.05, 4.69) is 10.2 Å². The van der Waals surface area contributed by atoms with Gasteiger partial charge in [0.2, 0.25) is 11.8 Å². The third-order valence-corrected chi connectivity index (χ3v) is 5.47. The lowest BCUT2D eigenvalue weighted by atomic mass is 9.89. The summed E-state index contributed by atoms with van der Waals surface area (Å²) in [5, 5.41) is 2.81. The molecule has 2 aliphatic rings. The molecular weight excluding hydrogens is 333 g/mol.